The van der Waals surface area contributed by atoms with Crippen molar-refractivity contribution in [2.45, 2.75) is 18.7 Å². The Labute approximate surface area is 211 Å². The molecule has 0 fully saturated rings. The molecule has 0 atom stereocenters. The largest absolute Gasteiger partial charge is 0.490 e. The van der Waals surface area contributed by atoms with Crippen LogP contribution in [0.3, 0.4) is 0 Å². The van der Waals surface area contributed by atoms with E-state index in [0.29, 0.717) is 12.4 Å². The van der Waals surface area contributed by atoms with Crippen LogP contribution in [-0.2, 0) is 14.8 Å². The number of H-pyrrole nitrogens is 1. The van der Waals surface area contributed by atoms with Crippen LogP contribution < -0.4 is 9.46 Å². The second-order valence-electron chi connectivity index (χ2n) is 7.28. The highest BCUT2D eigenvalue weighted by Crippen LogP contribution is 2.29. The van der Waals surface area contributed by atoms with Gasteiger partial charge in [-0.25, -0.2) is 26.6 Å². The van der Waals surface area contributed by atoms with Gasteiger partial charge in [0, 0.05) is 24.3 Å². The predicted octanol–water partition coefficient (Wildman–Crippen LogP) is 5.06. The summed E-state index contributed by atoms with van der Waals surface area (Å²) in [5, 5.41) is 0.251. The number of pyridine rings is 1. The number of sulfonamides is 1. The summed E-state index contributed by atoms with van der Waals surface area (Å²) >= 11 is 0. The Morgan fingerprint density at radius 2 is 1.76 bits per heavy atom. The van der Waals surface area contributed by atoms with E-state index in [1.807, 2.05) is 18.6 Å². The number of hydrogen-bond acceptors (Lipinski definition) is 6. The third-order valence-electron chi connectivity index (χ3n) is 4.99. The molecule has 0 aliphatic heterocycles. The molecule has 4 rings (SSSR count). The van der Waals surface area contributed by atoms with E-state index in [1.165, 1.54) is 25.6 Å². The molecule has 0 saturated carbocycles. The predicted molar refractivity (Wildman–Crippen MR) is 132 cm³/mol. The van der Waals surface area contributed by atoms with Crippen LogP contribution in [0.2, 0.25) is 0 Å². The van der Waals surface area contributed by atoms with Gasteiger partial charge in [0.05, 0.1) is 29.0 Å². The van der Waals surface area contributed by atoms with Gasteiger partial charge in [0.25, 0.3) is 10.0 Å². The summed E-state index contributed by atoms with van der Waals surface area (Å²) in [6, 6.07) is 6.91. The van der Waals surface area contributed by atoms with Gasteiger partial charge in [-0.2, -0.15) is 0 Å². The minimum atomic E-state index is -4.35. The summed E-state index contributed by atoms with van der Waals surface area (Å²) in [5.74, 6) is -3.98. The molecule has 12 heteroatoms. The third-order valence-corrected chi connectivity index (χ3v) is 6.37. The number of hydrogen-bond donors (Lipinski definition) is 2. The van der Waals surface area contributed by atoms with Gasteiger partial charge >= 0.3 is 0 Å². The number of fused-ring (bicyclic) bond motifs is 1. The summed E-state index contributed by atoms with van der Waals surface area (Å²) in [4.78, 5) is 19.7. The highest BCUT2D eigenvalue weighted by atomic mass is 32.2. The highest BCUT2D eigenvalue weighted by molar-refractivity contribution is 7.92. The number of benzene rings is 2. The lowest BCUT2D eigenvalue weighted by molar-refractivity contribution is 0.103. The lowest BCUT2D eigenvalue weighted by atomic mass is 10.0. The van der Waals surface area contributed by atoms with E-state index in [0.717, 1.165) is 36.4 Å². The molecule has 0 bridgehead atoms. The van der Waals surface area contributed by atoms with Crippen LogP contribution in [-0.4, -0.2) is 44.5 Å². The molecule has 2 aromatic carbocycles. The van der Waals surface area contributed by atoms with E-state index in [4.69, 9.17) is 9.47 Å². The lowest BCUT2D eigenvalue weighted by Crippen LogP contribution is -2.16. The van der Waals surface area contributed by atoms with Gasteiger partial charge in [-0.3, -0.25) is 9.52 Å². The first-order chi connectivity index (χ1) is 17.7. The fourth-order valence-electron chi connectivity index (χ4n) is 3.29. The molecular weight excluding hydrogens is 511 g/mol. The van der Waals surface area contributed by atoms with Crippen molar-refractivity contribution in [3.05, 3.63) is 83.4 Å². The molecule has 0 aliphatic carbocycles. The van der Waals surface area contributed by atoms with Crippen molar-refractivity contribution in [1.82, 2.24) is 9.97 Å². The molecule has 2 N–H and O–H groups in total. The molecule has 196 valence electrons. The minimum absolute atomic E-state index is 0.0963. The number of ketones is 1. The van der Waals surface area contributed by atoms with Gasteiger partial charge in [0.2, 0.25) is 5.78 Å². The molecule has 0 amide bonds. The van der Waals surface area contributed by atoms with Crippen molar-refractivity contribution in [1.29, 1.82) is 0 Å². The van der Waals surface area contributed by atoms with Crippen molar-refractivity contribution >= 4 is 32.5 Å². The van der Waals surface area contributed by atoms with Crippen molar-refractivity contribution in [2.75, 3.05) is 25.0 Å². The Morgan fingerprint density at radius 3 is 2.43 bits per heavy atom. The molecule has 2 heterocycles. The summed E-state index contributed by atoms with van der Waals surface area (Å²) in [5.41, 5.74) is -1.43. The molecule has 0 spiro atoms. The van der Waals surface area contributed by atoms with Gasteiger partial charge in [0.1, 0.15) is 29.6 Å². The molecular formula is C25H24F3N3O5S. The van der Waals surface area contributed by atoms with E-state index < -0.39 is 44.5 Å². The fraction of sp³-hybridized carbons (Fsp3) is 0.200. The second-order valence-corrected chi connectivity index (χ2v) is 8.97. The Kier molecular flexibility index (Phi) is 8.90. The Morgan fingerprint density at radius 1 is 1.05 bits per heavy atom. The van der Waals surface area contributed by atoms with Crippen LogP contribution in [0.5, 0.6) is 5.75 Å². The smallest absolute Gasteiger partial charge is 0.261 e. The quantitative estimate of drug-likeness (QED) is 0.229. The van der Waals surface area contributed by atoms with E-state index in [2.05, 4.69) is 9.97 Å². The monoisotopic (exact) mass is 535 g/mol. The summed E-state index contributed by atoms with van der Waals surface area (Å²) < 4.78 is 80.5. The Bertz CT molecular complexity index is 1510. The van der Waals surface area contributed by atoms with Gasteiger partial charge < -0.3 is 14.5 Å². The zero-order valence-electron chi connectivity index (χ0n) is 20.1. The number of carbonyl (C=O) groups excluding carboxylic acids is 1. The van der Waals surface area contributed by atoms with Gasteiger partial charge in [-0.15, -0.1) is 0 Å². The lowest BCUT2D eigenvalue weighted by Gasteiger charge is -2.12. The van der Waals surface area contributed by atoms with Gasteiger partial charge in [0.15, 0.2) is 5.82 Å². The average Bonchev–Trinajstić information content (AvgIpc) is 3.31. The number of nitrogens with zero attached hydrogens (tertiary/aromatic N) is 1. The van der Waals surface area contributed by atoms with E-state index in [1.54, 1.807) is 0 Å². The maximum atomic E-state index is 15.3. The summed E-state index contributed by atoms with van der Waals surface area (Å²) in [6.45, 7) is 4.53. The first kappa shape index (κ1) is 27.7. The SMILES string of the molecule is CC.COCCOc1cnc2[nH]cc(C(=O)c3c(F)ccc(NS(=O)(=O)c4ccc(F)cc4)c3F)c2c1. The summed E-state index contributed by atoms with van der Waals surface area (Å²) in [7, 11) is -2.84. The standard InChI is InChI=1S/C23H18F3N3O5S.C2H6/c1-33-8-9-34-14-10-16-17(12-28-23(16)27-11-14)22(30)20-18(25)6-7-19(21(20)26)29-35(31,32)15-4-2-13(24)3-5-15;1-2/h2-7,10-12,29H,8-9H2,1H3,(H,27,28);1-2H3. The zero-order chi connectivity index (χ0) is 27.2. The van der Waals surface area contributed by atoms with E-state index in [-0.39, 0.29) is 28.1 Å². The van der Waals surface area contributed by atoms with Crippen molar-refractivity contribution in [2.24, 2.45) is 0 Å². The number of methoxy groups -OCH3 is 1. The van der Waals surface area contributed by atoms with Crippen LogP contribution in [0.1, 0.15) is 29.8 Å². The van der Waals surface area contributed by atoms with E-state index >= 15 is 4.39 Å². The topological polar surface area (TPSA) is 110 Å². The number of anilines is 1. The highest BCUT2D eigenvalue weighted by Gasteiger charge is 2.26. The summed E-state index contributed by atoms with van der Waals surface area (Å²) in [6.07, 6.45) is 2.65. The van der Waals surface area contributed by atoms with E-state index in [9.17, 15) is 22.0 Å². The number of rotatable bonds is 9. The third kappa shape index (κ3) is 6.09. The average molecular weight is 536 g/mol. The molecule has 37 heavy (non-hydrogen) atoms. The van der Waals surface area contributed by atoms with Crippen molar-refractivity contribution in [3.8, 4) is 5.75 Å². The fourth-order valence-corrected chi connectivity index (χ4v) is 4.34. The molecule has 0 aliphatic rings. The maximum Gasteiger partial charge on any atom is 0.261 e. The first-order valence-corrected chi connectivity index (χ1v) is 12.6. The maximum absolute atomic E-state index is 15.3. The van der Waals surface area contributed by atoms with Crippen molar-refractivity contribution < 1.29 is 35.9 Å². The molecule has 0 radical (unpaired) electrons. The van der Waals surface area contributed by atoms with Crippen LogP contribution in [0.25, 0.3) is 11.0 Å². The normalized spacial score (nSPS) is 11.1. The molecule has 4 aromatic rings. The van der Waals surface area contributed by atoms with Gasteiger partial charge in [-0.05, 0) is 42.5 Å². The van der Waals surface area contributed by atoms with Crippen LogP contribution >= 0.6 is 0 Å². The molecule has 2 aromatic heterocycles. The number of aromatic nitrogens is 2. The number of halogens is 3. The number of aromatic amines is 1. The number of nitrogens with one attached hydrogen (secondary N) is 2. The number of carbonyl (C=O) groups is 1. The second kappa shape index (κ2) is 11.9. The van der Waals surface area contributed by atoms with Crippen LogP contribution in [0.15, 0.2) is 59.8 Å². The van der Waals surface area contributed by atoms with Gasteiger partial charge in [-0.1, -0.05) is 13.8 Å². The molecule has 0 unspecified atom stereocenters. The first-order valence-electron chi connectivity index (χ1n) is 11.1. The van der Waals surface area contributed by atoms with Crippen molar-refractivity contribution in [3.63, 3.8) is 0 Å². The number of ether oxygens (including phenoxy) is 2. The van der Waals surface area contributed by atoms with Crippen LogP contribution in [0, 0.1) is 17.5 Å². The molecule has 8 nitrogen and oxygen atoms in total. The Hall–Kier alpha value is -3.90. The van der Waals surface area contributed by atoms with Crippen LogP contribution in [0.4, 0.5) is 18.9 Å². The molecule has 0 saturated heterocycles. The zero-order valence-corrected chi connectivity index (χ0v) is 21.0. The minimum Gasteiger partial charge on any atom is -0.490 e. The Balaban J connectivity index is 0.00000186.